The maximum Gasteiger partial charge on any atom is 0.139 e. The molecule has 0 bridgehead atoms. The first kappa shape index (κ1) is 17.3. The lowest BCUT2D eigenvalue weighted by Gasteiger charge is -2.19. The third-order valence-electron chi connectivity index (χ3n) is 4.31. The first-order valence-corrected chi connectivity index (χ1v) is 9.47. The molecule has 1 aliphatic rings. The Morgan fingerprint density at radius 3 is 2.74 bits per heavy atom. The number of ether oxygens (including phenoxy) is 1. The van der Waals surface area contributed by atoms with Gasteiger partial charge in [-0.05, 0) is 24.6 Å². The minimum atomic E-state index is 0.171. The van der Waals surface area contributed by atoms with Crippen molar-refractivity contribution < 1.29 is 9.84 Å². The number of nitrogens with zero attached hydrogens (tertiary/aromatic N) is 2. The number of nitrogens with one attached hydrogen (secondary N) is 1. The highest BCUT2D eigenvalue weighted by Crippen LogP contribution is 2.33. The number of thiazole rings is 1. The van der Waals surface area contributed by atoms with Crippen molar-refractivity contribution in [3.63, 3.8) is 0 Å². The number of anilines is 1. The molecule has 136 valence electrons. The minimum absolute atomic E-state index is 0.171. The Hall–Kier alpha value is -3.12. The molecule has 0 spiro atoms. The first-order chi connectivity index (χ1) is 13.1. The highest BCUT2D eigenvalue weighted by atomic mass is 32.1. The summed E-state index contributed by atoms with van der Waals surface area (Å²) in [5, 5.41) is 21.5. The quantitative estimate of drug-likeness (QED) is 0.670. The molecule has 1 aliphatic heterocycles. The molecule has 6 heteroatoms. The van der Waals surface area contributed by atoms with E-state index >= 15 is 0 Å². The van der Waals surface area contributed by atoms with Crippen LogP contribution < -0.4 is 9.64 Å². The molecule has 4 rings (SSSR count). The van der Waals surface area contributed by atoms with Gasteiger partial charge in [0.2, 0.25) is 0 Å². The molecule has 0 saturated carbocycles. The van der Waals surface area contributed by atoms with Crippen molar-refractivity contribution in [2.45, 2.75) is 13.5 Å². The van der Waals surface area contributed by atoms with Crippen molar-refractivity contribution in [3.8, 4) is 5.75 Å². The van der Waals surface area contributed by atoms with Crippen LogP contribution in [0.4, 0.5) is 5.69 Å². The van der Waals surface area contributed by atoms with Crippen LogP contribution in [0.25, 0.3) is 5.57 Å². The molecule has 0 radical (unpaired) electrons. The van der Waals surface area contributed by atoms with Gasteiger partial charge in [0.15, 0.2) is 0 Å². The molecule has 2 aromatic carbocycles. The third kappa shape index (κ3) is 3.57. The number of aliphatic hydroxyl groups excluding tert-OH is 1. The van der Waals surface area contributed by atoms with Crippen molar-refractivity contribution in [2.75, 3.05) is 11.4 Å². The minimum Gasteiger partial charge on any atom is -0.510 e. The summed E-state index contributed by atoms with van der Waals surface area (Å²) in [7, 11) is 0. The number of hydrogen-bond donors (Lipinski definition) is 2. The predicted molar refractivity (Wildman–Crippen MR) is 109 cm³/mol. The van der Waals surface area contributed by atoms with Gasteiger partial charge < -0.3 is 14.7 Å². The molecule has 2 N–H and O–H groups in total. The van der Waals surface area contributed by atoms with E-state index in [1.165, 1.54) is 11.3 Å². The smallest absolute Gasteiger partial charge is 0.139 e. The molecule has 0 unspecified atom stereocenters. The zero-order chi connectivity index (χ0) is 18.8. The fourth-order valence-corrected chi connectivity index (χ4v) is 3.84. The van der Waals surface area contributed by atoms with Crippen LogP contribution in [0.15, 0.2) is 65.7 Å². The van der Waals surface area contributed by atoms with Gasteiger partial charge in [-0.3, -0.25) is 5.41 Å². The zero-order valence-electron chi connectivity index (χ0n) is 14.8. The van der Waals surface area contributed by atoms with E-state index in [4.69, 9.17) is 10.1 Å². The second kappa shape index (κ2) is 7.25. The average Bonchev–Trinajstić information content (AvgIpc) is 3.23. The SMILES string of the molecule is Cc1csc(C2=C(O)CN(c3cccc(OCc4ccccc4)c3)C2=N)n1. The van der Waals surface area contributed by atoms with E-state index in [0.29, 0.717) is 17.2 Å². The van der Waals surface area contributed by atoms with E-state index < -0.39 is 0 Å². The van der Waals surface area contributed by atoms with Crippen LogP contribution in [0.2, 0.25) is 0 Å². The fourth-order valence-electron chi connectivity index (χ4n) is 2.98. The second-order valence-corrected chi connectivity index (χ2v) is 7.18. The molecular formula is C21H19N3O2S. The Labute approximate surface area is 161 Å². The van der Waals surface area contributed by atoms with Crippen molar-refractivity contribution in [3.05, 3.63) is 82.0 Å². The molecule has 2 heterocycles. The van der Waals surface area contributed by atoms with Gasteiger partial charge in [0.25, 0.3) is 0 Å². The Balaban J connectivity index is 1.52. The lowest BCUT2D eigenvalue weighted by molar-refractivity contribution is 0.306. The van der Waals surface area contributed by atoms with Crippen LogP contribution in [0, 0.1) is 12.3 Å². The Kier molecular flexibility index (Phi) is 4.64. The Bertz CT molecular complexity index is 1010. The van der Waals surface area contributed by atoms with Crippen molar-refractivity contribution >= 4 is 28.4 Å². The molecule has 0 amide bonds. The average molecular weight is 377 g/mol. The van der Waals surface area contributed by atoms with Gasteiger partial charge in [0.05, 0.1) is 12.1 Å². The van der Waals surface area contributed by atoms with Crippen LogP contribution in [0.1, 0.15) is 16.3 Å². The van der Waals surface area contributed by atoms with Gasteiger partial charge in [-0.15, -0.1) is 11.3 Å². The number of rotatable bonds is 5. The number of aromatic nitrogens is 1. The topological polar surface area (TPSA) is 69.4 Å². The maximum absolute atomic E-state index is 10.4. The van der Waals surface area contributed by atoms with Gasteiger partial charge in [-0.2, -0.15) is 0 Å². The van der Waals surface area contributed by atoms with E-state index in [2.05, 4.69) is 4.98 Å². The van der Waals surface area contributed by atoms with E-state index in [1.807, 2.05) is 66.9 Å². The molecule has 0 atom stereocenters. The van der Waals surface area contributed by atoms with E-state index in [1.54, 1.807) is 4.90 Å². The number of hydrogen-bond acceptors (Lipinski definition) is 5. The van der Waals surface area contributed by atoms with Crippen LogP contribution in [0.3, 0.4) is 0 Å². The van der Waals surface area contributed by atoms with Crippen LogP contribution >= 0.6 is 11.3 Å². The summed E-state index contributed by atoms with van der Waals surface area (Å²) in [6.45, 7) is 2.64. The summed E-state index contributed by atoms with van der Waals surface area (Å²) in [5.41, 5.74) is 3.29. The standard InChI is InChI=1S/C21H19N3O2S/c1-14-13-27-21(23-14)19-18(25)11-24(20(19)22)16-8-5-9-17(10-16)26-12-15-6-3-2-4-7-15/h2-10,13,22,25H,11-12H2,1H3. The lowest BCUT2D eigenvalue weighted by Crippen LogP contribution is -2.26. The normalized spacial score (nSPS) is 14.1. The van der Waals surface area contributed by atoms with Gasteiger partial charge in [0.1, 0.15) is 29.0 Å². The molecule has 27 heavy (non-hydrogen) atoms. The summed E-state index contributed by atoms with van der Waals surface area (Å²) < 4.78 is 5.89. The van der Waals surface area contributed by atoms with Gasteiger partial charge in [-0.1, -0.05) is 36.4 Å². The molecule has 3 aromatic rings. The summed E-state index contributed by atoms with van der Waals surface area (Å²) in [6, 6.07) is 17.6. The lowest BCUT2D eigenvalue weighted by atomic mass is 10.2. The van der Waals surface area contributed by atoms with Crippen LogP contribution in [0.5, 0.6) is 5.75 Å². The first-order valence-electron chi connectivity index (χ1n) is 8.59. The summed E-state index contributed by atoms with van der Waals surface area (Å²) in [5.74, 6) is 1.15. The summed E-state index contributed by atoms with van der Waals surface area (Å²) >= 11 is 1.44. The summed E-state index contributed by atoms with van der Waals surface area (Å²) in [6.07, 6.45) is 0. The Morgan fingerprint density at radius 1 is 1.19 bits per heavy atom. The van der Waals surface area contributed by atoms with E-state index in [0.717, 1.165) is 22.7 Å². The van der Waals surface area contributed by atoms with E-state index in [9.17, 15) is 5.11 Å². The molecular weight excluding hydrogens is 358 g/mol. The Morgan fingerprint density at radius 2 is 2.00 bits per heavy atom. The third-order valence-corrected chi connectivity index (χ3v) is 5.29. The zero-order valence-corrected chi connectivity index (χ0v) is 15.7. The van der Waals surface area contributed by atoms with Crippen LogP contribution in [-0.4, -0.2) is 22.5 Å². The molecule has 1 aromatic heterocycles. The van der Waals surface area contributed by atoms with Crippen LogP contribution in [-0.2, 0) is 6.61 Å². The molecule has 0 saturated heterocycles. The van der Waals surface area contributed by atoms with Crippen molar-refractivity contribution in [2.24, 2.45) is 0 Å². The number of amidine groups is 1. The number of aryl methyl sites for hydroxylation is 1. The second-order valence-electron chi connectivity index (χ2n) is 6.32. The predicted octanol–water partition coefficient (Wildman–Crippen LogP) is 4.80. The monoisotopic (exact) mass is 377 g/mol. The van der Waals surface area contributed by atoms with Crippen molar-refractivity contribution in [1.29, 1.82) is 5.41 Å². The van der Waals surface area contributed by atoms with Gasteiger partial charge in [-0.25, -0.2) is 4.98 Å². The van der Waals surface area contributed by atoms with Crippen molar-refractivity contribution in [1.82, 2.24) is 4.98 Å². The molecule has 5 nitrogen and oxygen atoms in total. The van der Waals surface area contributed by atoms with Gasteiger partial charge in [0, 0.05) is 22.8 Å². The van der Waals surface area contributed by atoms with E-state index in [-0.39, 0.29) is 18.1 Å². The number of aliphatic hydroxyl groups is 1. The highest BCUT2D eigenvalue weighted by molar-refractivity contribution is 7.11. The number of benzene rings is 2. The fraction of sp³-hybridized carbons (Fsp3) is 0.143. The van der Waals surface area contributed by atoms with Gasteiger partial charge >= 0.3 is 0 Å². The largest absolute Gasteiger partial charge is 0.510 e. The molecule has 0 aliphatic carbocycles. The summed E-state index contributed by atoms with van der Waals surface area (Å²) in [4.78, 5) is 6.17. The molecule has 0 fully saturated rings. The highest BCUT2D eigenvalue weighted by Gasteiger charge is 2.31. The maximum atomic E-state index is 10.4.